The number of halogens is 3. The van der Waals surface area contributed by atoms with Gasteiger partial charge in [-0.25, -0.2) is 12.8 Å². The molecule has 0 radical (unpaired) electrons. The topological polar surface area (TPSA) is 96.0 Å². The number of ether oxygens (including phenoxy) is 1. The molecule has 214 valence electrons. The summed E-state index contributed by atoms with van der Waals surface area (Å²) in [5.41, 5.74) is 0.473. The summed E-state index contributed by atoms with van der Waals surface area (Å²) < 4.78 is 47.4. The van der Waals surface area contributed by atoms with Crippen LogP contribution in [-0.2, 0) is 26.2 Å². The van der Waals surface area contributed by atoms with Crippen LogP contribution in [0.4, 0.5) is 10.1 Å². The number of rotatable bonds is 12. The normalized spacial score (nSPS) is 11.9. The molecular formula is C28H30Cl2FN3O5S. The van der Waals surface area contributed by atoms with Crippen LogP contribution < -0.4 is 14.4 Å². The van der Waals surface area contributed by atoms with Crippen molar-refractivity contribution in [3.8, 4) is 5.75 Å². The van der Waals surface area contributed by atoms with Crippen molar-refractivity contribution in [3.05, 3.63) is 88.2 Å². The molecule has 1 N–H and O–H groups in total. The Bertz CT molecular complexity index is 1420. The second-order valence-electron chi connectivity index (χ2n) is 8.70. The van der Waals surface area contributed by atoms with E-state index >= 15 is 0 Å². The largest absolute Gasteiger partial charge is 0.497 e. The zero-order chi connectivity index (χ0) is 29.4. The predicted molar refractivity (Wildman–Crippen MR) is 154 cm³/mol. The molecular weight excluding hydrogens is 580 g/mol. The van der Waals surface area contributed by atoms with Gasteiger partial charge in [0.1, 0.15) is 24.2 Å². The van der Waals surface area contributed by atoms with Crippen molar-refractivity contribution in [1.82, 2.24) is 10.2 Å². The first kappa shape index (κ1) is 31.2. The Labute approximate surface area is 243 Å². The van der Waals surface area contributed by atoms with E-state index in [-0.39, 0.29) is 33.6 Å². The van der Waals surface area contributed by atoms with E-state index in [0.29, 0.717) is 17.9 Å². The van der Waals surface area contributed by atoms with Crippen molar-refractivity contribution in [2.45, 2.75) is 37.8 Å². The Morgan fingerprint density at radius 3 is 2.10 bits per heavy atom. The maximum absolute atomic E-state index is 14.0. The molecule has 12 heteroatoms. The number of sulfonamides is 1. The monoisotopic (exact) mass is 609 g/mol. The minimum Gasteiger partial charge on any atom is -0.497 e. The van der Waals surface area contributed by atoms with Gasteiger partial charge in [-0.3, -0.25) is 13.9 Å². The van der Waals surface area contributed by atoms with E-state index in [1.54, 1.807) is 32.0 Å². The molecule has 0 aliphatic carbocycles. The van der Waals surface area contributed by atoms with Gasteiger partial charge in [-0.2, -0.15) is 0 Å². The summed E-state index contributed by atoms with van der Waals surface area (Å²) in [6.45, 7) is 2.99. The van der Waals surface area contributed by atoms with Crippen molar-refractivity contribution >= 4 is 50.7 Å². The van der Waals surface area contributed by atoms with Gasteiger partial charge in [0.15, 0.2) is 0 Å². The Morgan fingerprint density at radius 1 is 0.975 bits per heavy atom. The molecule has 40 heavy (non-hydrogen) atoms. The second-order valence-corrected chi connectivity index (χ2v) is 11.4. The lowest BCUT2D eigenvalue weighted by molar-refractivity contribution is -0.140. The van der Waals surface area contributed by atoms with Crippen LogP contribution in [0.15, 0.2) is 71.6 Å². The molecule has 3 aromatic rings. The van der Waals surface area contributed by atoms with Gasteiger partial charge in [-0.15, -0.1) is 0 Å². The summed E-state index contributed by atoms with van der Waals surface area (Å²) in [7, 11) is -2.87. The third-order valence-corrected chi connectivity index (χ3v) is 8.66. The zero-order valence-corrected chi connectivity index (χ0v) is 24.6. The minimum absolute atomic E-state index is 0.0624. The number of benzene rings is 3. The van der Waals surface area contributed by atoms with Gasteiger partial charge in [0.2, 0.25) is 11.8 Å². The van der Waals surface area contributed by atoms with E-state index in [4.69, 9.17) is 27.9 Å². The van der Waals surface area contributed by atoms with Crippen LogP contribution in [0.3, 0.4) is 0 Å². The van der Waals surface area contributed by atoms with E-state index in [1.165, 1.54) is 48.4 Å². The fourth-order valence-electron chi connectivity index (χ4n) is 4.08. The summed E-state index contributed by atoms with van der Waals surface area (Å²) in [5, 5.41) is 3.30. The minimum atomic E-state index is -4.32. The molecule has 0 saturated heterocycles. The Kier molecular flexibility index (Phi) is 10.8. The highest BCUT2D eigenvalue weighted by molar-refractivity contribution is 7.92. The van der Waals surface area contributed by atoms with Gasteiger partial charge in [0, 0.05) is 28.7 Å². The molecule has 1 atom stereocenters. The first-order valence-corrected chi connectivity index (χ1v) is 14.7. The first-order valence-electron chi connectivity index (χ1n) is 12.5. The van der Waals surface area contributed by atoms with E-state index < -0.39 is 40.2 Å². The molecule has 0 aliphatic rings. The van der Waals surface area contributed by atoms with Crippen molar-refractivity contribution < 1.29 is 27.1 Å². The lowest BCUT2D eigenvalue weighted by Gasteiger charge is -2.33. The standard InChI is InChI=1S/C28H30Cl2FN3O5S/c1-4-26(28(36)32-5-2)33(17-23-24(29)7-6-8-25(23)30)27(35)18-34(20-11-9-19(31)10-12-20)40(37,38)22-15-13-21(39-3)14-16-22/h6-16,26H,4-5,17-18H2,1-3H3,(H,32,36)/t26-/m1/s1. The summed E-state index contributed by atoms with van der Waals surface area (Å²) in [5.74, 6) is -1.23. The van der Waals surface area contributed by atoms with Crippen LogP contribution in [0.1, 0.15) is 25.8 Å². The van der Waals surface area contributed by atoms with Crippen LogP contribution in [0.25, 0.3) is 0 Å². The third-order valence-electron chi connectivity index (χ3n) is 6.17. The lowest BCUT2D eigenvalue weighted by Crippen LogP contribution is -2.52. The summed E-state index contributed by atoms with van der Waals surface area (Å²) in [6.07, 6.45) is 0.238. The smallest absolute Gasteiger partial charge is 0.264 e. The van der Waals surface area contributed by atoms with Gasteiger partial charge >= 0.3 is 0 Å². The fraction of sp³-hybridized carbons (Fsp3) is 0.286. The molecule has 0 aliphatic heterocycles. The van der Waals surface area contributed by atoms with Crippen LogP contribution in [-0.4, -0.2) is 51.4 Å². The highest BCUT2D eigenvalue weighted by atomic mass is 35.5. The number of likely N-dealkylation sites (N-methyl/N-ethyl adjacent to an activating group) is 1. The molecule has 3 aromatic carbocycles. The fourth-order valence-corrected chi connectivity index (χ4v) is 6.01. The van der Waals surface area contributed by atoms with Gasteiger partial charge in [-0.1, -0.05) is 36.2 Å². The number of nitrogens with one attached hydrogen (secondary N) is 1. The number of hydrogen-bond acceptors (Lipinski definition) is 5. The number of anilines is 1. The average Bonchev–Trinajstić information content (AvgIpc) is 2.93. The first-order chi connectivity index (χ1) is 19.0. The van der Waals surface area contributed by atoms with Crippen molar-refractivity contribution in [1.29, 1.82) is 0 Å². The molecule has 3 rings (SSSR count). The summed E-state index contributed by atoms with van der Waals surface area (Å²) in [6, 6.07) is 14.3. The van der Waals surface area contributed by atoms with E-state index in [1.807, 2.05) is 0 Å². The third kappa shape index (κ3) is 7.24. The molecule has 0 fully saturated rings. The van der Waals surface area contributed by atoms with Crippen molar-refractivity contribution in [3.63, 3.8) is 0 Å². The highest BCUT2D eigenvalue weighted by Gasteiger charge is 2.34. The van der Waals surface area contributed by atoms with Crippen molar-refractivity contribution in [2.75, 3.05) is 24.5 Å². The van der Waals surface area contributed by atoms with Gasteiger partial charge in [0.05, 0.1) is 17.7 Å². The van der Waals surface area contributed by atoms with Gasteiger partial charge < -0.3 is 15.0 Å². The second kappa shape index (κ2) is 13.8. The van der Waals surface area contributed by atoms with E-state index in [2.05, 4.69) is 5.32 Å². The van der Waals surface area contributed by atoms with Crippen LogP contribution in [0.2, 0.25) is 10.0 Å². The lowest BCUT2D eigenvalue weighted by atomic mass is 10.1. The molecule has 2 amide bonds. The van der Waals surface area contributed by atoms with Crippen LogP contribution >= 0.6 is 23.2 Å². The number of hydrogen-bond donors (Lipinski definition) is 1. The number of methoxy groups -OCH3 is 1. The summed E-state index contributed by atoms with van der Waals surface area (Å²) >= 11 is 12.8. The van der Waals surface area contributed by atoms with Crippen LogP contribution in [0.5, 0.6) is 5.75 Å². The summed E-state index contributed by atoms with van der Waals surface area (Å²) in [4.78, 5) is 28.1. The number of carbonyl (C=O) groups excluding carboxylic acids is 2. The Balaban J connectivity index is 2.09. The zero-order valence-electron chi connectivity index (χ0n) is 22.2. The molecule has 0 unspecified atom stereocenters. The molecule has 0 bridgehead atoms. The predicted octanol–water partition coefficient (Wildman–Crippen LogP) is 5.28. The number of nitrogens with zero attached hydrogens (tertiary/aromatic N) is 2. The Hall–Kier alpha value is -3.34. The van der Waals surface area contributed by atoms with E-state index in [9.17, 15) is 22.4 Å². The molecule has 8 nitrogen and oxygen atoms in total. The SMILES string of the molecule is CCNC(=O)[C@@H](CC)N(Cc1c(Cl)cccc1Cl)C(=O)CN(c1ccc(F)cc1)S(=O)(=O)c1ccc(OC)cc1. The van der Waals surface area contributed by atoms with Crippen molar-refractivity contribution in [2.24, 2.45) is 0 Å². The van der Waals surface area contributed by atoms with Crippen LogP contribution in [0, 0.1) is 5.82 Å². The highest BCUT2D eigenvalue weighted by Crippen LogP contribution is 2.29. The Morgan fingerprint density at radius 2 is 1.57 bits per heavy atom. The average molecular weight is 611 g/mol. The molecule has 0 saturated carbocycles. The molecule has 0 aromatic heterocycles. The number of amides is 2. The van der Waals surface area contributed by atoms with Gasteiger partial charge in [0.25, 0.3) is 10.0 Å². The maximum Gasteiger partial charge on any atom is 0.264 e. The van der Waals surface area contributed by atoms with E-state index in [0.717, 1.165) is 16.4 Å². The molecule has 0 spiro atoms. The van der Waals surface area contributed by atoms with Gasteiger partial charge in [-0.05, 0) is 74.0 Å². The quantitative estimate of drug-likeness (QED) is 0.301. The number of carbonyl (C=O) groups is 2. The maximum atomic E-state index is 14.0. The molecule has 0 heterocycles.